The van der Waals surface area contributed by atoms with Gasteiger partial charge in [0.2, 0.25) is 0 Å². The number of ether oxygens (including phenoxy) is 1. The minimum absolute atomic E-state index is 0.394. The van der Waals surface area contributed by atoms with Crippen LogP contribution in [-0.2, 0) is 4.74 Å². The highest BCUT2D eigenvalue weighted by Crippen LogP contribution is 2.58. The summed E-state index contributed by atoms with van der Waals surface area (Å²) < 4.78 is 6.13. The molecule has 6 fully saturated rings. The molecular weight excluding hydrogens is 260 g/mol. The SMILES string of the molecule is CC(C)[C@H]1COC2CN(C34CC5CC(CC(C5)C3)C4)CN21. The topological polar surface area (TPSA) is 15.7 Å². The molecule has 4 saturated carbocycles. The van der Waals surface area contributed by atoms with Crippen molar-refractivity contribution in [2.45, 2.75) is 70.2 Å². The largest absolute Gasteiger partial charge is 0.360 e. The van der Waals surface area contributed by atoms with Crippen LogP contribution >= 0.6 is 0 Å². The van der Waals surface area contributed by atoms with Crippen LogP contribution in [0.4, 0.5) is 0 Å². The van der Waals surface area contributed by atoms with Crippen LogP contribution in [0.1, 0.15) is 52.4 Å². The van der Waals surface area contributed by atoms with Gasteiger partial charge < -0.3 is 4.74 Å². The minimum atomic E-state index is 0.394. The molecule has 118 valence electrons. The molecule has 0 spiro atoms. The number of rotatable bonds is 2. The van der Waals surface area contributed by atoms with Crippen LogP contribution in [0.3, 0.4) is 0 Å². The second-order valence-corrected chi connectivity index (χ2v) is 9.12. The monoisotopic (exact) mass is 290 g/mol. The van der Waals surface area contributed by atoms with Crippen molar-refractivity contribution in [3.63, 3.8) is 0 Å². The van der Waals surface area contributed by atoms with E-state index in [9.17, 15) is 0 Å². The Morgan fingerprint density at radius 2 is 1.62 bits per heavy atom. The molecule has 1 unspecified atom stereocenters. The molecule has 4 aliphatic carbocycles. The average Bonchev–Trinajstić information content (AvgIpc) is 2.95. The van der Waals surface area contributed by atoms with Gasteiger partial charge in [-0.25, -0.2) is 0 Å². The fourth-order valence-corrected chi connectivity index (χ4v) is 6.78. The third-order valence-corrected chi connectivity index (χ3v) is 7.41. The van der Waals surface area contributed by atoms with Gasteiger partial charge in [-0.1, -0.05) is 13.8 Å². The van der Waals surface area contributed by atoms with Crippen LogP contribution in [0.15, 0.2) is 0 Å². The molecule has 2 aliphatic heterocycles. The van der Waals surface area contributed by atoms with E-state index in [4.69, 9.17) is 4.74 Å². The van der Waals surface area contributed by atoms with Crippen LogP contribution in [0.2, 0.25) is 0 Å². The average molecular weight is 290 g/mol. The predicted molar refractivity (Wildman–Crippen MR) is 82.7 cm³/mol. The Morgan fingerprint density at radius 1 is 1.00 bits per heavy atom. The molecule has 2 saturated heterocycles. The first kappa shape index (κ1) is 13.3. The maximum Gasteiger partial charge on any atom is 0.124 e. The Labute approximate surface area is 129 Å². The highest BCUT2D eigenvalue weighted by Gasteiger charge is 2.56. The van der Waals surface area contributed by atoms with Gasteiger partial charge in [-0.15, -0.1) is 0 Å². The summed E-state index contributed by atoms with van der Waals surface area (Å²) in [6.45, 7) is 8.01. The van der Waals surface area contributed by atoms with E-state index in [1.165, 1.54) is 32.5 Å². The maximum absolute atomic E-state index is 6.13. The molecule has 0 aromatic rings. The second kappa shape index (κ2) is 4.46. The van der Waals surface area contributed by atoms with Gasteiger partial charge in [0.25, 0.3) is 0 Å². The minimum Gasteiger partial charge on any atom is -0.360 e. The summed E-state index contributed by atoms with van der Waals surface area (Å²) in [5, 5.41) is 0. The molecule has 0 aromatic heterocycles. The maximum atomic E-state index is 6.13. The number of nitrogens with zero attached hydrogens (tertiary/aromatic N) is 2. The Balaban J connectivity index is 1.38. The summed E-state index contributed by atoms with van der Waals surface area (Å²) in [4.78, 5) is 5.53. The highest BCUT2D eigenvalue weighted by molar-refractivity contribution is 5.09. The first-order valence-corrected chi connectivity index (χ1v) is 9.25. The Bertz CT molecular complexity index is 400. The van der Waals surface area contributed by atoms with E-state index in [0.29, 0.717) is 23.7 Å². The summed E-state index contributed by atoms with van der Waals surface area (Å²) in [6.07, 6.45) is 9.51. The van der Waals surface area contributed by atoms with E-state index in [1.807, 2.05) is 0 Å². The Morgan fingerprint density at radius 3 is 2.19 bits per heavy atom. The van der Waals surface area contributed by atoms with Gasteiger partial charge in [0.15, 0.2) is 0 Å². The molecule has 4 bridgehead atoms. The van der Waals surface area contributed by atoms with Crippen molar-refractivity contribution in [1.82, 2.24) is 9.80 Å². The fraction of sp³-hybridized carbons (Fsp3) is 1.00. The predicted octanol–water partition coefficient (Wildman–Crippen LogP) is 2.91. The highest BCUT2D eigenvalue weighted by atomic mass is 16.5. The van der Waals surface area contributed by atoms with Gasteiger partial charge in [-0.05, 0) is 62.2 Å². The van der Waals surface area contributed by atoms with Crippen molar-refractivity contribution < 1.29 is 4.74 Å². The van der Waals surface area contributed by atoms with Gasteiger partial charge in [0, 0.05) is 18.1 Å². The van der Waals surface area contributed by atoms with Crippen LogP contribution in [-0.4, -0.2) is 47.4 Å². The molecule has 3 heteroatoms. The molecule has 0 amide bonds. The van der Waals surface area contributed by atoms with Crippen LogP contribution in [0, 0.1) is 23.7 Å². The van der Waals surface area contributed by atoms with Crippen molar-refractivity contribution in [3.05, 3.63) is 0 Å². The number of fused-ring (bicyclic) bond motifs is 1. The first-order chi connectivity index (χ1) is 10.1. The van der Waals surface area contributed by atoms with Gasteiger partial charge in [-0.2, -0.15) is 0 Å². The molecule has 0 aromatic carbocycles. The standard InChI is InChI=1S/C18H30N2O/c1-12(2)16-10-21-17-9-19(11-20(16)17)18-6-13-3-14(7-18)5-15(4-13)8-18/h12-17H,3-11H2,1-2H3/t13?,14?,15?,16-,17?,18?/m1/s1. The second-order valence-electron chi connectivity index (χ2n) is 9.12. The van der Waals surface area contributed by atoms with Crippen molar-refractivity contribution in [3.8, 4) is 0 Å². The number of hydrogen-bond acceptors (Lipinski definition) is 3. The molecule has 2 heterocycles. The van der Waals surface area contributed by atoms with Crippen molar-refractivity contribution in [1.29, 1.82) is 0 Å². The van der Waals surface area contributed by atoms with Crippen molar-refractivity contribution >= 4 is 0 Å². The van der Waals surface area contributed by atoms with Crippen LogP contribution in [0.5, 0.6) is 0 Å². The molecule has 21 heavy (non-hydrogen) atoms. The summed E-state index contributed by atoms with van der Waals surface area (Å²) >= 11 is 0. The van der Waals surface area contributed by atoms with Gasteiger partial charge >= 0.3 is 0 Å². The quantitative estimate of drug-likeness (QED) is 0.778. The van der Waals surface area contributed by atoms with Crippen LogP contribution in [0.25, 0.3) is 0 Å². The first-order valence-electron chi connectivity index (χ1n) is 9.25. The smallest absolute Gasteiger partial charge is 0.124 e. The van der Waals surface area contributed by atoms with E-state index in [2.05, 4.69) is 23.6 Å². The van der Waals surface area contributed by atoms with Crippen molar-refractivity contribution in [2.75, 3.05) is 19.8 Å². The molecule has 6 rings (SSSR count). The molecule has 3 nitrogen and oxygen atoms in total. The molecule has 2 atom stereocenters. The lowest BCUT2D eigenvalue weighted by atomic mass is 9.52. The van der Waals surface area contributed by atoms with E-state index in [0.717, 1.165) is 24.4 Å². The summed E-state index contributed by atoms with van der Waals surface area (Å²) in [6, 6.07) is 0.647. The third kappa shape index (κ3) is 1.90. The zero-order valence-corrected chi connectivity index (χ0v) is 13.6. The Kier molecular flexibility index (Phi) is 2.83. The van der Waals surface area contributed by atoms with E-state index >= 15 is 0 Å². The lowest BCUT2D eigenvalue weighted by Crippen LogP contribution is -2.60. The van der Waals surface area contributed by atoms with Crippen LogP contribution < -0.4 is 0 Å². The lowest BCUT2D eigenvalue weighted by Gasteiger charge is -2.60. The molecule has 0 N–H and O–H groups in total. The van der Waals surface area contributed by atoms with Gasteiger partial charge in [0.05, 0.1) is 13.3 Å². The normalized spacial score (nSPS) is 53.0. The van der Waals surface area contributed by atoms with Gasteiger partial charge in [-0.3, -0.25) is 9.80 Å². The Hall–Kier alpha value is -0.120. The third-order valence-electron chi connectivity index (χ3n) is 7.41. The van der Waals surface area contributed by atoms with E-state index in [-0.39, 0.29) is 0 Å². The van der Waals surface area contributed by atoms with Crippen molar-refractivity contribution in [2.24, 2.45) is 23.7 Å². The van der Waals surface area contributed by atoms with Gasteiger partial charge in [0.1, 0.15) is 6.23 Å². The number of hydrogen-bond donors (Lipinski definition) is 0. The molecule has 0 radical (unpaired) electrons. The lowest BCUT2D eigenvalue weighted by molar-refractivity contribution is -0.0891. The summed E-state index contributed by atoms with van der Waals surface area (Å²) in [5.41, 5.74) is 0.560. The zero-order chi connectivity index (χ0) is 14.2. The molecular formula is C18H30N2O. The summed E-state index contributed by atoms with van der Waals surface area (Å²) in [5.74, 6) is 3.86. The molecule has 6 aliphatic rings. The van der Waals surface area contributed by atoms with E-state index < -0.39 is 0 Å². The zero-order valence-electron chi connectivity index (χ0n) is 13.6. The van der Waals surface area contributed by atoms with E-state index in [1.54, 1.807) is 19.3 Å². The summed E-state index contributed by atoms with van der Waals surface area (Å²) in [7, 11) is 0. The fourth-order valence-electron chi connectivity index (χ4n) is 6.78.